The Morgan fingerprint density at radius 1 is 1.35 bits per heavy atom. The van der Waals surface area contributed by atoms with Gasteiger partial charge in [0.2, 0.25) is 0 Å². The van der Waals surface area contributed by atoms with Crippen molar-refractivity contribution in [1.29, 1.82) is 0 Å². The van der Waals surface area contributed by atoms with Crippen molar-refractivity contribution >= 4 is 15.9 Å². The first-order valence-corrected chi connectivity index (χ1v) is 8.45. The Morgan fingerprint density at radius 3 is 2.65 bits per heavy atom. The van der Waals surface area contributed by atoms with Crippen LogP contribution in [-0.4, -0.2) is 25.0 Å². The van der Waals surface area contributed by atoms with Crippen molar-refractivity contribution < 1.29 is 0 Å². The van der Waals surface area contributed by atoms with Gasteiger partial charge in [-0.3, -0.25) is 0 Å². The summed E-state index contributed by atoms with van der Waals surface area (Å²) in [6.45, 7) is 5.30. The Morgan fingerprint density at radius 2 is 2.05 bits per heavy atom. The molecule has 0 aromatic heterocycles. The number of hydrogen-bond donors (Lipinski definition) is 1. The van der Waals surface area contributed by atoms with Gasteiger partial charge in [-0.1, -0.05) is 47.8 Å². The molecule has 0 radical (unpaired) electrons. The van der Waals surface area contributed by atoms with E-state index in [1.807, 2.05) is 0 Å². The molecule has 0 aliphatic heterocycles. The van der Waals surface area contributed by atoms with E-state index in [4.69, 9.17) is 5.73 Å². The largest absolute Gasteiger partial charge is 0.330 e. The zero-order valence-corrected chi connectivity index (χ0v) is 14.3. The third-order valence-electron chi connectivity index (χ3n) is 4.71. The molecule has 1 aliphatic rings. The SMILES string of the molecule is CC1CCC(CN)(CN(C)Cc2cccc(Br)c2)CC1. The van der Waals surface area contributed by atoms with Crippen molar-refractivity contribution in [2.24, 2.45) is 17.1 Å². The molecule has 1 aromatic carbocycles. The highest BCUT2D eigenvalue weighted by Gasteiger charge is 2.33. The molecule has 0 bridgehead atoms. The molecule has 0 spiro atoms. The van der Waals surface area contributed by atoms with Gasteiger partial charge in [-0.15, -0.1) is 0 Å². The van der Waals surface area contributed by atoms with E-state index in [9.17, 15) is 0 Å². The van der Waals surface area contributed by atoms with Crippen molar-refractivity contribution in [3.05, 3.63) is 34.3 Å². The molecule has 0 unspecified atom stereocenters. The Bertz CT molecular complexity index is 425. The predicted octanol–water partition coefficient (Wildman–Crippen LogP) is 4.04. The summed E-state index contributed by atoms with van der Waals surface area (Å²) in [5, 5.41) is 0. The monoisotopic (exact) mass is 338 g/mol. The maximum absolute atomic E-state index is 6.12. The van der Waals surface area contributed by atoms with E-state index in [0.717, 1.165) is 30.0 Å². The molecule has 0 saturated heterocycles. The summed E-state index contributed by atoms with van der Waals surface area (Å²) in [5.74, 6) is 0.880. The molecule has 0 heterocycles. The lowest BCUT2D eigenvalue weighted by atomic mass is 9.70. The van der Waals surface area contributed by atoms with Crippen LogP contribution in [0.5, 0.6) is 0 Å². The third kappa shape index (κ3) is 4.31. The van der Waals surface area contributed by atoms with Crippen LogP contribution in [0.2, 0.25) is 0 Å². The second-order valence-electron chi connectivity index (χ2n) is 6.69. The van der Waals surface area contributed by atoms with Crippen LogP contribution < -0.4 is 5.73 Å². The molecule has 2 N–H and O–H groups in total. The molecule has 0 atom stereocenters. The summed E-state index contributed by atoms with van der Waals surface area (Å²) >= 11 is 3.54. The lowest BCUT2D eigenvalue weighted by molar-refractivity contribution is 0.105. The Labute approximate surface area is 131 Å². The van der Waals surface area contributed by atoms with Crippen molar-refractivity contribution in [3.8, 4) is 0 Å². The number of hydrogen-bond acceptors (Lipinski definition) is 2. The number of nitrogens with two attached hydrogens (primary N) is 1. The van der Waals surface area contributed by atoms with Crippen LogP contribution in [0.15, 0.2) is 28.7 Å². The van der Waals surface area contributed by atoms with Crippen LogP contribution in [0.3, 0.4) is 0 Å². The van der Waals surface area contributed by atoms with Crippen molar-refractivity contribution in [1.82, 2.24) is 4.90 Å². The van der Waals surface area contributed by atoms with Crippen molar-refractivity contribution in [3.63, 3.8) is 0 Å². The zero-order valence-electron chi connectivity index (χ0n) is 12.7. The number of benzene rings is 1. The minimum Gasteiger partial charge on any atom is -0.330 e. The van der Waals surface area contributed by atoms with E-state index in [2.05, 4.69) is 59.1 Å². The van der Waals surface area contributed by atoms with Gasteiger partial charge in [0, 0.05) is 17.6 Å². The van der Waals surface area contributed by atoms with Crippen LogP contribution in [0.1, 0.15) is 38.2 Å². The lowest BCUT2D eigenvalue weighted by Gasteiger charge is -2.41. The molecule has 0 amide bonds. The van der Waals surface area contributed by atoms with Crippen LogP contribution in [0.25, 0.3) is 0 Å². The summed E-state index contributed by atoms with van der Waals surface area (Å²) in [5.41, 5.74) is 7.82. The molecule has 1 aromatic rings. The van der Waals surface area contributed by atoms with Crippen LogP contribution in [-0.2, 0) is 6.54 Å². The molecule has 20 heavy (non-hydrogen) atoms. The highest BCUT2D eigenvalue weighted by molar-refractivity contribution is 9.10. The van der Waals surface area contributed by atoms with E-state index in [1.165, 1.54) is 31.2 Å². The molecular formula is C17H27BrN2. The number of halogens is 1. The first kappa shape index (κ1) is 16.0. The van der Waals surface area contributed by atoms with Crippen LogP contribution in [0.4, 0.5) is 0 Å². The summed E-state index contributed by atoms with van der Waals surface area (Å²) in [6.07, 6.45) is 5.24. The van der Waals surface area contributed by atoms with E-state index in [1.54, 1.807) is 0 Å². The smallest absolute Gasteiger partial charge is 0.0231 e. The molecule has 1 fully saturated rings. The Hall–Kier alpha value is -0.380. The Kier molecular flexibility index (Phi) is 5.65. The van der Waals surface area contributed by atoms with Gasteiger partial charge in [-0.2, -0.15) is 0 Å². The lowest BCUT2D eigenvalue weighted by Crippen LogP contribution is -2.43. The van der Waals surface area contributed by atoms with Gasteiger partial charge in [-0.05, 0) is 55.5 Å². The van der Waals surface area contributed by atoms with Gasteiger partial charge >= 0.3 is 0 Å². The Balaban J connectivity index is 1.94. The van der Waals surface area contributed by atoms with Gasteiger partial charge in [-0.25, -0.2) is 0 Å². The first-order valence-electron chi connectivity index (χ1n) is 7.66. The topological polar surface area (TPSA) is 29.3 Å². The third-order valence-corrected chi connectivity index (χ3v) is 5.21. The molecular weight excluding hydrogens is 312 g/mol. The zero-order chi connectivity index (χ0) is 14.6. The fraction of sp³-hybridized carbons (Fsp3) is 0.647. The fourth-order valence-electron chi connectivity index (χ4n) is 3.38. The fourth-order valence-corrected chi connectivity index (χ4v) is 3.82. The average molecular weight is 339 g/mol. The minimum atomic E-state index is 0.341. The van der Waals surface area contributed by atoms with Gasteiger partial charge in [0.25, 0.3) is 0 Å². The average Bonchev–Trinajstić information content (AvgIpc) is 2.41. The normalized spacial score (nSPS) is 26.9. The molecule has 1 aliphatic carbocycles. The van der Waals surface area contributed by atoms with Crippen LogP contribution >= 0.6 is 15.9 Å². The highest BCUT2D eigenvalue weighted by atomic mass is 79.9. The standard InChI is InChI=1S/C17H27BrN2/c1-14-6-8-17(12-19,9-7-14)13-20(2)11-15-4-3-5-16(18)10-15/h3-5,10,14H,6-9,11-13,19H2,1-2H3. The van der Waals surface area contributed by atoms with E-state index in [0.29, 0.717) is 5.41 Å². The second kappa shape index (κ2) is 7.06. The van der Waals surface area contributed by atoms with Gasteiger partial charge < -0.3 is 10.6 Å². The van der Waals surface area contributed by atoms with Crippen molar-refractivity contribution in [2.75, 3.05) is 20.1 Å². The maximum atomic E-state index is 6.12. The summed E-state index contributed by atoms with van der Waals surface area (Å²) in [4.78, 5) is 2.44. The van der Waals surface area contributed by atoms with E-state index >= 15 is 0 Å². The molecule has 112 valence electrons. The molecule has 3 heteroatoms. The predicted molar refractivity (Wildman–Crippen MR) is 89.6 cm³/mol. The van der Waals surface area contributed by atoms with Gasteiger partial charge in [0.1, 0.15) is 0 Å². The summed E-state index contributed by atoms with van der Waals surface area (Å²) < 4.78 is 1.16. The molecule has 2 nitrogen and oxygen atoms in total. The highest BCUT2D eigenvalue weighted by Crippen LogP contribution is 2.38. The van der Waals surface area contributed by atoms with Crippen molar-refractivity contribution in [2.45, 2.75) is 39.2 Å². The van der Waals surface area contributed by atoms with E-state index in [-0.39, 0.29) is 0 Å². The summed E-state index contributed by atoms with van der Waals surface area (Å²) in [6, 6.07) is 8.58. The summed E-state index contributed by atoms with van der Waals surface area (Å²) in [7, 11) is 2.22. The minimum absolute atomic E-state index is 0.341. The van der Waals surface area contributed by atoms with Crippen LogP contribution in [0, 0.1) is 11.3 Å². The first-order chi connectivity index (χ1) is 9.53. The number of nitrogens with zero attached hydrogens (tertiary/aromatic N) is 1. The quantitative estimate of drug-likeness (QED) is 0.877. The van der Waals surface area contributed by atoms with Gasteiger partial charge in [0.05, 0.1) is 0 Å². The molecule has 2 rings (SSSR count). The van der Waals surface area contributed by atoms with Gasteiger partial charge in [0.15, 0.2) is 0 Å². The molecule has 1 saturated carbocycles. The number of rotatable bonds is 5. The maximum Gasteiger partial charge on any atom is 0.0231 e. The van der Waals surface area contributed by atoms with E-state index < -0.39 is 0 Å². The second-order valence-corrected chi connectivity index (χ2v) is 7.60.